The molecule has 2 rings (SSSR count). The van der Waals surface area contributed by atoms with Crippen molar-refractivity contribution >= 4 is 9.84 Å². The molecule has 0 radical (unpaired) electrons. The van der Waals surface area contributed by atoms with E-state index in [0.29, 0.717) is 0 Å². The van der Waals surface area contributed by atoms with Crippen LogP contribution in [0.5, 0.6) is 0 Å². The van der Waals surface area contributed by atoms with E-state index < -0.39 is 20.3 Å². The molecule has 2 atom stereocenters. The van der Waals surface area contributed by atoms with Gasteiger partial charge in [0, 0.05) is 0 Å². The van der Waals surface area contributed by atoms with Gasteiger partial charge in [-0.1, -0.05) is 54.9 Å². The molecule has 0 aromatic carbocycles. The minimum Gasteiger partial charge on any atom is -0.395 e. The molecule has 2 aliphatic rings. The van der Waals surface area contributed by atoms with E-state index in [1.54, 1.807) is 19.1 Å². The first-order chi connectivity index (χ1) is 11.1. The fourth-order valence-electron chi connectivity index (χ4n) is 3.84. The first-order valence-corrected chi connectivity index (χ1v) is 10.3. The monoisotopic (exact) mass is 350 g/mol. The lowest BCUT2D eigenvalue weighted by atomic mass is 9.72. The molecule has 3 nitrogen and oxygen atoms in total. The molecule has 4 heteroatoms. The fourth-order valence-corrected chi connectivity index (χ4v) is 5.83. The number of sulfone groups is 1. The molecule has 0 amide bonds. The second-order valence-corrected chi connectivity index (χ2v) is 10.1. The predicted octanol–water partition coefficient (Wildman–Crippen LogP) is 4.12. The Morgan fingerprint density at radius 2 is 2.04 bits per heavy atom. The van der Waals surface area contributed by atoms with Crippen LogP contribution in [0, 0.1) is 5.41 Å². The summed E-state index contributed by atoms with van der Waals surface area (Å²) in [7, 11) is -3.36. The Balaban J connectivity index is 2.24. The minimum absolute atomic E-state index is 0.178. The Hall–Kier alpha value is -1.13. The molecule has 0 aromatic heterocycles. The van der Waals surface area contributed by atoms with Crippen molar-refractivity contribution in [2.75, 3.05) is 6.61 Å². The fraction of sp³-hybridized carbons (Fsp3) is 0.600. The summed E-state index contributed by atoms with van der Waals surface area (Å²) in [5, 5.41) is 7.94. The zero-order valence-corrected chi connectivity index (χ0v) is 16.3. The van der Waals surface area contributed by atoms with Crippen LogP contribution in [-0.2, 0) is 9.84 Å². The van der Waals surface area contributed by atoms with Crippen LogP contribution in [0.1, 0.15) is 53.9 Å². The van der Waals surface area contributed by atoms with Crippen LogP contribution in [0.3, 0.4) is 0 Å². The molecular weight excluding hydrogens is 320 g/mol. The summed E-state index contributed by atoms with van der Waals surface area (Å²) in [6, 6.07) is 0. The van der Waals surface area contributed by atoms with E-state index >= 15 is 0 Å². The predicted molar refractivity (Wildman–Crippen MR) is 101 cm³/mol. The Morgan fingerprint density at radius 3 is 2.58 bits per heavy atom. The summed E-state index contributed by atoms with van der Waals surface area (Å²) >= 11 is 0. The van der Waals surface area contributed by atoms with Crippen LogP contribution in [0.25, 0.3) is 0 Å². The van der Waals surface area contributed by atoms with Crippen LogP contribution in [0.4, 0.5) is 0 Å². The van der Waals surface area contributed by atoms with Gasteiger partial charge in [0.05, 0.1) is 11.9 Å². The Bertz CT molecular complexity index is 718. The second kappa shape index (κ2) is 7.01. The van der Waals surface area contributed by atoms with E-state index in [1.165, 1.54) is 24.0 Å². The van der Waals surface area contributed by atoms with E-state index in [9.17, 15) is 13.5 Å². The van der Waals surface area contributed by atoms with Crippen molar-refractivity contribution in [2.45, 2.75) is 64.4 Å². The molecule has 0 fully saturated rings. The van der Waals surface area contributed by atoms with Crippen LogP contribution >= 0.6 is 0 Å². The van der Waals surface area contributed by atoms with Crippen LogP contribution in [-0.4, -0.2) is 30.6 Å². The molecule has 0 aromatic rings. The number of rotatable bonds is 4. The topological polar surface area (TPSA) is 54.4 Å². The molecule has 1 heterocycles. The molecule has 1 aliphatic heterocycles. The molecule has 0 spiro atoms. The lowest BCUT2D eigenvalue weighted by molar-refractivity contribution is 0.300. The maximum atomic E-state index is 12.4. The lowest BCUT2D eigenvalue weighted by Gasteiger charge is -2.33. The van der Waals surface area contributed by atoms with Gasteiger partial charge in [-0.05, 0) is 51.0 Å². The number of aliphatic hydroxyl groups excluding tert-OH is 1. The standard InChI is InChI=1S/C20H30O3S/c1-14(8-9-18-15(2)7-6-10-20(18,4)5)11-17-12-16(3)19(13-21)24(17,22)23/h8-9,11-12,17,19,21H,6-7,10,13H2,1-5H3/b9-8+,14-11+. The molecule has 1 N–H and O–H groups in total. The van der Waals surface area contributed by atoms with Crippen molar-refractivity contribution < 1.29 is 13.5 Å². The maximum absolute atomic E-state index is 12.4. The number of allylic oxidation sites excluding steroid dienone is 5. The van der Waals surface area contributed by atoms with Gasteiger partial charge in [0.25, 0.3) is 0 Å². The Morgan fingerprint density at radius 1 is 1.38 bits per heavy atom. The van der Waals surface area contributed by atoms with Gasteiger partial charge in [0.15, 0.2) is 9.84 Å². The molecular formula is C20H30O3S. The van der Waals surface area contributed by atoms with Gasteiger partial charge in [-0.25, -0.2) is 8.42 Å². The zero-order chi connectivity index (χ0) is 18.1. The first kappa shape index (κ1) is 19.2. The average molecular weight is 351 g/mol. The van der Waals surface area contributed by atoms with Crippen molar-refractivity contribution in [1.82, 2.24) is 0 Å². The highest BCUT2D eigenvalue weighted by Gasteiger charge is 2.38. The highest BCUT2D eigenvalue weighted by molar-refractivity contribution is 7.93. The quantitative estimate of drug-likeness (QED) is 0.613. The third-order valence-electron chi connectivity index (χ3n) is 5.36. The summed E-state index contributed by atoms with van der Waals surface area (Å²) in [6.45, 7) is 10.1. The summed E-state index contributed by atoms with van der Waals surface area (Å²) in [5.41, 5.74) is 4.66. The average Bonchev–Trinajstić information content (AvgIpc) is 2.66. The molecule has 0 bridgehead atoms. The van der Waals surface area contributed by atoms with E-state index in [0.717, 1.165) is 17.6 Å². The molecule has 2 unspecified atom stereocenters. The van der Waals surface area contributed by atoms with Gasteiger partial charge < -0.3 is 5.11 Å². The highest BCUT2D eigenvalue weighted by Crippen LogP contribution is 2.40. The van der Waals surface area contributed by atoms with Gasteiger partial charge in [0.2, 0.25) is 0 Å². The number of aliphatic hydroxyl groups is 1. The van der Waals surface area contributed by atoms with Gasteiger partial charge in [0.1, 0.15) is 5.25 Å². The normalized spacial score (nSPS) is 30.1. The number of hydrogen-bond acceptors (Lipinski definition) is 3. The van der Waals surface area contributed by atoms with Gasteiger partial charge in [-0.15, -0.1) is 0 Å². The largest absolute Gasteiger partial charge is 0.395 e. The third-order valence-corrected chi connectivity index (χ3v) is 7.70. The van der Waals surface area contributed by atoms with Crippen LogP contribution in [0.2, 0.25) is 0 Å². The van der Waals surface area contributed by atoms with E-state index in [4.69, 9.17) is 0 Å². The van der Waals surface area contributed by atoms with Crippen molar-refractivity contribution in [3.8, 4) is 0 Å². The minimum atomic E-state index is -3.36. The van der Waals surface area contributed by atoms with E-state index in [2.05, 4.69) is 26.8 Å². The van der Waals surface area contributed by atoms with Gasteiger partial charge >= 0.3 is 0 Å². The number of hydrogen-bond donors (Lipinski definition) is 1. The van der Waals surface area contributed by atoms with Gasteiger partial charge in [-0.3, -0.25) is 0 Å². The molecule has 1 aliphatic carbocycles. The smallest absolute Gasteiger partial charge is 0.169 e. The third kappa shape index (κ3) is 3.75. The molecule has 134 valence electrons. The Kier molecular flexibility index (Phi) is 5.61. The van der Waals surface area contributed by atoms with E-state index in [-0.39, 0.29) is 12.0 Å². The summed E-state index contributed by atoms with van der Waals surface area (Å²) in [5.74, 6) is 0. The molecule has 0 saturated carbocycles. The highest BCUT2D eigenvalue weighted by atomic mass is 32.2. The lowest BCUT2D eigenvalue weighted by Crippen LogP contribution is -2.27. The summed E-state index contributed by atoms with van der Waals surface area (Å²) < 4.78 is 24.9. The van der Waals surface area contributed by atoms with Gasteiger partial charge in [-0.2, -0.15) is 0 Å². The SMILES string of the molecule is CC1=CC(/C=C(C)/C=C/C2=C(C)CCCC2(C)C)S(=O)(=O)C1CO. The Labute approximate surface area is 146 Å². The summed E-state index contributed by atoms with van der Waals surface area (Å²) in [6.07, 6.45) is 11.3. The second-order valence-electron chi connectivity index (χ2n) is 7.81. The maximum Gasteiger partial charge on any atom is 0.169 e. The molecule has 24 heavy (non-hydrogen) atoms. The van der Waals surface area contributed by atoms with Crippen molar-refractivity contribution in [2.24, 2.45) is 5.41 Å². The van der Waals surface area contributed by atoms with Crippen LogP contribution < -0.4 is 0 Å². The van der Waals surface area contributed by atoms with Crippen molar-refractivity contribution in [3.05, 3.63) is 46.6 Å². The van der Waals surface area contributed by atoms with Crippen molar-refractivity contribution in [1.29, 1.82) is 0 Å². The zero-order valence-electron chi connectivity index (χ0n) is 15.5. The van der Waals surface area contributed by atoms with E-state index in [1.807, 2.05) is 13.0 Å². The van der Waals surface area contributed by atoms with Crippen molar-refractivity contribution in [3.63, 3.8) is 0 Å². The van der Waals surface area contributed by atoms with Crippen LogP contribution in [0.15, 0.2) is 46.6 Å². The summed E-state index contributed by atoms with van der Waals surface area (Å²) in [4.78, 5) is 0. The first-order valence-electron chi connectivity index (χ1n) is 8.68. The molecule has 0 saturated heterocycles.